The fourth-order valence-corrected chi connectivity index (χ4v) is 1.94. The third-order valence-corrected chi connectivity index (χ3v) is 2.79. The van der Waals surface area contributed by atoms with Gasteiger partial charge in [-0.2, -0.15) is 5.10 Å². The third kappa shape index (κ3) is 2.24. The van der Waals surface area contributed by atoms with E-state index in [9.17, 15) is 4.79 Å². The number of aromatic nitrogens is 3. The number of aryl methyl sites for hydroxylation is 1. The number of halogens is 1. The van der Waals surface area contributed by atoms with E-state index in [-0.39, 0.29) is 12.4 Å². The Morgan fingerprint density at radius 1 is 1.59 bits per heavy atom. The number of carbonyl (C=O) groups excluding carboxylic acids is 1. The number of hydrogen-bond acceptors (Lipinski definition) is 4. The van der Waals surface area contributed by atoms with E-state index in [1.807, 2.05) is 6.92 Å². The molecule has 0 aromatic carbocycles. The normalized spacial score (nSPS) is 10.8. The van der Waals surface area contributed by atoms with Gasteiger partial charge in [0, 0.05) is 17.3 Å². The van der Waals surface area contributed by atoms with Crippen molar-refractivity contribution in [3.05, 3.63) is 28.7 Å². The number of nitrogens with zero attached hydrogens (tertiary/aromatic N) is 3. The zero-order valence-corrected chi connectivity index (χ0v) is 10.4. The van der Waals surface area contributed by atoms with Crippen molar-refractivity contribution in [1.29, 1.82) is 0 Å². The smallest absolute Gasteiger partial charge is 0.310 e. The molecule has 17 heavy (non-hydrogen) atoms. The molecule has 0 unspecified atom stereocenters. The van der Waals surface area contributed by atoms with Crippen LogP contribution in [0.3, 0.4) is 0 Å². The first-order valence-corrected chi connectivity index (χ1v) is 5.65. The van der Waals surface area contributed by atoms with Gasteiger partial charge in [0.15, 0.2) is 5.65 Å². The summed E-state index contributed by atoms with van der Waals surface area (Å²) < 4.78 is 6.40. The molecule has 0 saturated heterocycles. The first-order chi connectivity index (χ1) is 8.13. The molecule has 0 aliphatic carbocycles. The van der Waals surface area contributed by atoms with E-state index < -0.39 is 0 Å². The number of rotatable bonds is 3. The predicted molar refractivity (Wildman–Crippen MR) is 63.1 cm³/mol. The average Bonchev–Trinajstić information content (AvgIpc) is 2.72. The summed E-state index contributed by atoms with van der Waals surface area (Å²) in [6.45, 7) is 3.93. The highest BCUT2D eigenvalue weighted by molar-refractivity contribution is 6.30. The SMILES string of the molecule is CCOC(=O)Cc1c(C)nc2ccnn2c1Cl. The highest BCUT2D eigenvalue weighted by atomic mass is 35.5. The van der Waals surface area contributed by atoms with Crippen LogP contribution in [-0.4, -0.2) is 27.2 Å². The molecule has 2 heterocycles. The fourth-order valence-electron chi connectivity index (χ4n) is 1.61. The Hall–Kier alpha value is -1.62. The number of carbonyl (C=O) groups is 1. The van der Waals surface area contributed by atoms with Gasteiger partial charge in [-0.3, -0.25) is 4.79 Å². The maximum absolute atomic E-state index is 11.5. The summed E-state index contributed by atoms with van der Waals surface area (Å²) >= 11 is 6.19. The Kier molecular flexibility index (Phi) is 3.28. The summed E-state index contributed by atoms with van der Waals surface area (Å²) in [6, 6.07) is 1.76. The minimum Gasteiger partial charge on any atom is -0.466 e. The maximum atomic E-state index is 11.5. The molecule has 0 fully saturated rings. The Balaban J connectivity index is 2.42. The molecule has 90 valence electrons. The highest BCUT2D eigenvalue weighted by Crippen LogP contribution is 2.20. The number of fused-ring (bicyclic) bond motifs is 1. The summed E-state index contributed by atoms with van der Waals surface area (Å²) in [5.41, 5.74) is 2.04. The number of hydrogen-bond donors (Lipinski definition) is 0. The number of esters is 1. The monoisotopic (exact) mass is 253 g/mol. The first-order valence-electron chi connectivity index (χ1n) is 5.27. The lowest BCUT2D eigenvalue weighted by atomic mass is 10.2. The molecule has 0 N–H and O–H groups in total. The summed E-state index contributed by atoms with van der Waals surface area (Å²) in [6.07, 6.45) is 1.73. The van der Waals surface area contributed by atoms with E-state index in [4.69, 9.17) is 16.3 Å². The van der Waals surface area contributed by atoms with Crippen LogP contribution < -0.4 is 0 Å². The molecular formula is C11H12ClN3O2. The molecule has 0 radical (unpaired) electrons. The predicted octanol–water partition coefficient (Wildman–Crippen LogP) is 1.80. The second kappa shape index (κ2) is 4.71. The minimum atomic E-state index is -0.314. The summed E-state index contributed by atoms with van der Waals surface area (Å²) in [5.74, 6) is -0.314. The summed E-state index contributed by atoms with van der Waals surface area (Å²) in [5, 5.41) is 4.45. The van der Waals surface area contributed by atoms with Gasteiger partial charge in [-0.1, -0.05) is 11.6 Å². The molecule has 2 aromatic rings. The summed E-state index contributed by atoms with van der Waals surface area (Å²) in [4.78, 5) is 15.8. The van der Waals surface area contributed by atoms with Crippen molar-refractivity contribution in [2.24, 2.45) is 0 Å². The van der Waals surface area contributed by atoms with Gasteiger partial charge in [0.05, 0.1) is 19.2 Å². The largest absolute Gasteiger partial charge is 0.466 e. The molecule has 5 nitrogen and oxygen atoms in total. The minimum absolute atomic E-state index is 0.112. The van der Waals surface area contributed by atoms with E-state index in [0.29, 0.717) is 23.0 Å². The van der Waals surface area contributed by atoms with Crippen LogP contribution in [0.15, 0.2) is 12.3 Å². The highest BCUT2D eigenvalue weighted by Gasteiger charge is 2.15. The molecular weight excluding hydrogens is 242 g/mol. The molecule has 2 rings (SSSR count). The molecule has 0 aliphatic rings. The number of ether oxygens (including phenoxy) is 1. The van der Waals surface area contributed by atoms with Gasteiger partial charge < -0.3 is 4.74 Å². The topological polar surface area (TPSA) is 56.5 Å². The van der Waals surface area contributed by atoms with Gasteiger partial charge in [-0.15, -0.1) is 0 Å². The molecule has 2 aromatic heterocycles. The quantitative estimate of drug-likeness (QED) is 0.618. The van der Waals surface area contributed by atoms with Crippen molar-refractivity contribution in [2.75, 3.05) is 6.61 Å². The van der Waals surface area contributed by atoms with Crippen LogP contribution >= 0.6 is 11.6 Å². The van der Waals surface area contributed by atoms with E-state index in [1.54, 1.807) is 19.2 Å². The maximum Gasteiger partial charge on any atom is 0.310 e. The Bertz CT molecular complexity index is 565. The lowest BCUT2D eigenvalue weighted by Gasteiger charge is -2.08. The van der Waals surface area contributed by atoms with Gasteiger partial charge in [-0.05, 0) is 13.8 Å². The van der Waals surface area contributed by atoms with Crippen LogP contribution in [-0.2, 0) is 16.0 Å². The van der Waals surface area contributed by atoms with E-state index in [2.05, 4.69) is 10.1 Å². The standard InChI is InChI=1S/C11H12ClN3O2/c1-3-17-10(16)6-8-7(2)14-9-4-5-13-15(9)11(8)12/h4-5H,3,6H2,1-2H3. The Morgan fingerprint density at radius 2 is 2.35 bits per heavy atom. The molecule has 6 heteroatoms. The van der Waals surface area contributed by atoms with Crippen molar-refractivity contribution in [1.82, 2.24) is 14.6 Å². The van der Waals surface area contributed by atoms with Gasteiger partial charge in [0.2, 0.25) is 0 Å². The molecule has 0 spiro atoms. The second-order valence-electron chi connectivity index (χ2n) is 3.55. The second-order valence-corrected chi connectivity index (χ2v) is 3.91. The van der Waals surface area contributed by atoms with E-state index in [1.165, 1.54) is 4.52 Å². The lowest BCUT2D eigenvalue weighted by Crippen LogP contribution is -2.11. The van der Waals surface area contributed by atoms with Crippen LogP contribution in [0.25, 0.3) is 5.65 Å². The van der Waals surface area contributed by atoms with Gasteiger partial charge in [-0.25, -0.2) is 9.50 Å². The third-order valence-electron chi connectivity index (χ3n) is 2.40. The molecule has 0 bridgehead atoms. The van der Waals surface area contributed by atoms with Crippen molar-refractivity contribution in [2.45, 2.75) is 20.3 Å². The van der Waals surface area contributed by atoms with E-state index >= 15 is 0 Å². The van der Waals surface area contributed by atoms with Gasteiger partial charge in [0.1, 0.15) is 5.15 Å². The fraction of sp³-hybridized carbons (Fsp3) is 0.364. The first kappa shape index (κ1) is 11.9. The molecule has 0 saturated carbocycles. The average molecular weight is 254 g/mol. The Labute approximate surface area is 103 Å². The van der Waals surface area contributed by atoms with Crippen LogP contribution in [0.5, 0.6) is 0 Å². The van der Waals surface area contributed by atoms with Crippen LogP contribution in [0.4, 0.5) is 0 Å². The zero-order chi connectivity index (χ0) is 12.4. The van der Waals surface area contributed by atoms with E-state index in [0.717, 1.165) is 5.69 Å². The van der Waals surface area contributed by atoms with Crippen molar-refractivity contribution in [3.8, 4) is 0 Å². The van der Waals surface area contributed by atoms with Crippen LogP contribution in [0.1, 0.15) is 18.2 Å². The van der Waals surface area contributed by atoms with Crippen molar-refractivity contribution < 1.29 is 9.53 Å². The van der Waals surface area contributed by atoms with Gasteiger partial charge >= 0.3 is 5.97 Å². The van der Waals surface area contributed by atoms with Crippen molar-refractivity contribution in [3.63, 3.8) is 0 Å². The lowest BCUT2D eigenvalue weighted by molar-refractivity contribution is -0.142. The molecule has 0 aliphatic heterocycles. The Morgan fingerprint density at radius 3 is 3.06 bits per heavy atom. The van der Waals surface area contributed by atoms with Crippen molar-refractivity contribution >= 4 is 23.2 Å². The van der Waals surface area contributed by atoms with Crippen LogP contribution in [0.2, 0.25) is 5.15 Å². The summed E-state index contributed by atoms with van der Waals surface area (Å²) in [7, 11) is 0. The van der Waals surface area contributed by atoms with Crippen LogP contribution in [0, 0.1) is 6.92 Å². The molecule has 0 amide bonds. The zero-order valence-electron chi connectivity index (χ0n) is 9.61. The van der Waals surface area contributed by atoms with Gasteiger partial charge in [0.25, 0.3) is 0 Å². The molecule has 0 atom stereocenters.